The van der Waals surface area contributed by atoms with Crippen LogP contribution in [-0.4, -0.2) is 35.2 Å². The summed E-state index contributed by atoms with van der Waals surface area (Å²) >= 11 is 0. The van der Waals surface area contributed by atoms with Gasteiger partial charge in [0.25, 0.3) is 5.56 Å². The average molecular weight is 275 g/mol. The van der Waals surface area contributed by atoms with E-state index in [9.17, 15) is 9.59 Å². The van der Waals surface area contributed by atoms with Gasteiger partial charge in [-0.05, 0) is 19.1 Å². The minimum absolute atomic E-state index is 0.0318. The van der Waals surface area contributed by atoms with Crippen LogP contribution >= 0.6 is 0 Å². The molecule has 0 bridgehead atoms. The number of fused-ring (bicyclic) bond motifs is 1. The maximum absolute atomic E-state index is 11.9. The van der Waals surface area contributed by atoms with E-state index in [0.29, 0.717) is 17.6 Å². The SMILES string of the molecule is COCC(C)NC(=O)Cn1c(=O)cnc2ccccc21. The number of amides is 1. The number of carbonyl (C=O) groups excluding carboxylic acids is 1. The Kier molecular flexibility index (Phi) is 4.47. The van der Waals surface area contributed by atoms with E-state index in [1.807, 2.05) is 19.1 Å². The molecular formula is C14H17N3O3. The van der Waals surface area contributed by atoms with Gasteiger partial charge in [-0.2, -0.15) is 0 Å². The molecule has 0 saturated heterocycles. The summed E-state index contributed by atoms with van der Waals surface area (Å²) in [5.41, 5.74) is 1.04. The van der Waals surface area contributed by atoms with E-state index in [1.54, 1.807) is 19.2 Å². The monoisotopic (exact) mass is 275 g/mol. The van der Waals surface area contributed by atoms with Crippen molar-refractivity contribution in [3.8, 4) is 0 Å². The average Bonchev–Trinajstić information content (AvgIpc) is 2.42. The Morgan fingerprint density at radius 2 is 2.20 bits per heavy atom. The number of nitrogens with zero attached hydrogens (tertiary/aromatic N) is 2. The second-order valence-corrected chi connectivity index (χ2v) is 4.60. The number of rotatable bonds is 5. The molecule has 1 heterocycles. The third-order valence-corrected chi connectivity index (χ3v) is 2.88. The van der Waals surface area contributed by atoms with Crippen LogP contribution in [0.25, 0.3) is 11.0 Å². The van der Waals surface area contributed by atoms with E-state index in [0.717, 1.165) is 0 Å². The van der Waals surface area contributed by atoms with Crippen molar-refractivity contribution in [1.82, 2.24) is 14.9 Å². The third-order valence-electron chi connectivity index (χ3n) is 2.88. The predicted octanol–water partition coefficient (Wildman–Crippen LogP) is 0.548. The van der Waals surface area contributed by atoms with E-state index in [2.05, 4.69) is 10.3 Å². The molecule has 6 heteroatoms. The number of aromatic nitrogens is 2. The summed E-state index contributed by atoms with van der Waals surface area (Å²) in [6, 6.07) is 7.12. The van der Waals surface area contributed by atoms with Crippen molar-refractivity contribution in [2.45, 2.75) is 19.5 Å². The van der Waals surface area contributed by atoms with Gasteiger partial charge in [-0.15, -0.1) is 0 Å². The normalized spacial score (nSPS) is 12.3. The third kappa shape index (κ3) is 3.21. The Balaban J connectivity index is 2.23. The Hall–Kier alpha value is -2.21. The standard InChI is InChI=1S/C14H17N3O3/c1-10(9-20-2)16-13(18)8-17-12-6-4-3-5-11(12)15-7-14(17)19/h3-7,10H,8-9H2,1-2H3,(H,16,18). The maximum atomic E-state index is 11.9. The Morgan fingerprint density at radius 3 is 2.95 bits per heavy atom. The second kappa shape index (κ2) is 6.29. The summed E-state index contributed by atoms with van der Waals surface area (Å²) in [6.45, 7) is 2.24. The minimum atomic E-state index is -0.293. The number of hydrogen-bond donors (Lipinski definition) is 1. The number of ether oxygens (including phenoxy) is 1. The molecule has 1 aromatic heterocycles. The van der Waals surface area contributed by atoms with Crippen LogP contribution in [0.5, 0.6) is 0 Å². The first-order valence-corrected chi connectivity index (χ1v) is 6.34. The van der Waals surface area contributed by atoms with Crippen molar-refractivity contribution >= 4 is 16.9 Å². The van der Waals surface area contributed by atoms with Crippen LogP contribution in [0.15, 0.2) is 35.3 Å². The molecule has 0 radical (unpaired) electrons. The largest absolute Gasteiger partial charge is 0.383 e. The molecule has 0 aliphatic rings. The van der Waals surface area contributed by atoms with Gasteiger partial charge in [-0.1, -0.05) is 12.1 Å². The summed E-state index contributed by atoms with van der Waals surface area (Å²) in [6.07, 6.45) is 1.23. The minimum Gasteiger partial charge on any atom is -0.383 e. The molecule has 2 aromatic rings. The first-order valence-electron chi connectivity index (χ1n) is 6.34. The van der Waals surface area contributed by atoms with Crippen molar-refractivity contribution in [3.63, 3.8) is 0 Å². The summed E-state index contributed by atoms with van der Waals surface area (Å²) in [7, 11) is 1.57. The zero-order valence-corrected chi connectivity index (χ0v) is 11.5. The Morgan fingerprint density at radius 1 is 1.45 bits per heavy atom. The highest BCUT2D eigenvalue weighted by Gasteiger charge is 2.11. The van der Waals surface area contributed by atoms with Gasteiger partial charge in [0.1, 0.15) is 6.54 Å². The van der Waals surface area contributed by atoms with Crippen LogP contribution in [0.4, 0.5) is 0 Å². The molecule has 1 amide bonds. The van der Waals surface area contributed by atoms with Crippen molar-refractivity contribution in [2.75, 3.05) is 13.7 Å². The van der Waals surface area contributed by atoms with E-state index >= 15 is 0 Å². The van der Waals surface area contributed by atoms with Crippen LogP contribution in [0, 0.1) is 0 Å². The lowest BCUT2D eigenvalue weighted by atomic mass is 10.3. The predicted molar refractivity (Wildman–Crippen MR) is 75.5 cm³/mol. The maximum Gasteiger partial charge on any atom is 0.269 e. The number of benzene rings is 1. The van der Waals surface area contributed by atoms with Gasteiger partial charge >= 0.3 is 0 Å². The number of hydrogen-bond acceptors (Lipinski definition) is 4. The van der Waals surface area contributed by atoms with Gasteiger partial charge in [0.15, 0.2) is 0 Å². The van der Waals surface area contributed by atoms with E-state index in [-0.39, 0.29) is 24.1 Å². The number of nitrogens with one attached hydrogen (secondary N) is 1. The molecule has 0 fully saturated rings. The van der Waals surface area contributed by atoms with Crippen LogP contribution in [-0.2, 0) is 16.1 Å². The van der Waals surface area contributed by atoms with Crippen molar-refractivity contribution in [1.29, 1.82) is 0 Å². The van der Waals surface area contributed by atoms with Crippen LogP contribution in [0.1, 0.15) is 6.92 Å². The van der Waals surface area contributed by atoms with Gasteiger partial charge in [-0.25, -0.2) is 4.98 Å². The quantitative estimate of drug-likeness (QED) is 0.864. The molecule has 2 rings (SSSR count). The van der Waals surface area contributed by atoms with Gasteiger partial charge in [-0.3, -0.25) is 14.2 Å². The number of carbonyl (C=O) groups is 1. The molecule has 106 valence electrons. The van der Waals surface area contributed by atoms with Crippen molar-refractivity contribution in [2.24, 2.45) is 0 Å². The topological polar surface area (TPSA) is 73.2 Å². The fraction of sp³-hybridized carbons (Fsp3) is 0.357. The van der Waals surface area contributed by atoms with Gasteiger partial charge in [0.05, 0.1) is 23.8 Å². The molecule has 1 unspecified atom stereocenters. The molecule has 0 aliphatic carbocycles. The van der Waals surface area contributed by atoms with Gasteiger partial charge in [0, 0.05) is 13.2 Å². The summed E-state index contributed by atoms with van der Waals surface area (Å²) in [4.78, 5) is 27.9. The zero-order valence-electron chi connectivity index (χ0n) is 11.5. The van der Waals surface area contributed by atoms with Crippen LogP contribution in [0.2, 0.25) is 0 Å². The van der Waals surface area contributed by atoms with Gasteiger partial charge in [0.2, 0.25) is 5.91 Å². The molecule has 0 aliphatic heterocycles. The van der Waals surface area contributed by atoms with E-state index in [4.69, 9.17) is 4.74 Å². The molecule has 20 heavy (non-hydrogen) atoms. The van der Waals surface area contributed by atoms with Crippen molar-refractivity contribution in [3.05, 3.63) is 40.8 Å². The number of methoxy groups -OCH3 is 1. The fourth-order valence-electron chi connectivity index (χ4n) is 2.03. The van der Waals surface area contributed by atoms with E-state index in [1.165, 1.54) is 10.8 Å². The molecule has 1 N–H and O–H groups in total. The summed E-state index contributed by atoms with van der Waals surface area (Å²) in [5, 5.41) is 2.78. The van der Waals surface area contributed by atoms with E-state index < -0.39 is 0 Å². The van der Waals surface area contributed by atoms with Crippen molar-refractivity contribution < 1.29 is 9.53 Å². The van der Waals surface area contributed by atoms with Crippen LogP contribution in [0.3, 0.4) is 0 Å². The summed E-state index contributed by atoms with van der Waals surface area (Å²) < 4.78 is 6.37. The van der Waals surface area contributed by atoms with Gasteiger partial charge < -0.3 is 10.1 Å². The summed E-state index contributed by atoms with van der Waals surface area (Å²) in [5.74, 6) is -0.229. The smallest absolute Gasteiger partial charge is 0.269 e. The first kappa shape index (κ1) is 14.2. The number of para-hydroxylation sites is 2. The Bertz CT molecular complexity index is 666. The molecule has 1 atom stereocenters. The molecule has 1 aromatic carbocycles. The second-order valence-electron chi connectivity index (χ2n) is 4.60. The highest BCUT2D eigenvalue weighted by Crippen LogP contribution is 2.07. The molecule has 6 nitrogen and oxygen atoms in total. The highest BCUT2D eigenvalue weighted by molar-refractivity contribution is 5.80. The van der Waals surface area contributed by atoms with Crippen LogP contribution < -0.4 is 10.9 Å². The lowest BCUT2D eigenvalue weighted by molar-refractivity contribution is -0.122. The zero-order chi connectivity index (χ0) is 14.5. The highest BCUT2D eigenvalue weighted by atomic mass is 16.5. The first-order chi connectivity index (χ1) is 9.61. The Labute approximate surface area is 116 Å². The fourth-order valence-corrected chi connectivity index (χ4v) is 2.03. The lowest BCUT2D eigenvalue weighted by Crippen LogP contribution is -2.39. The molecular weight excluding hydrogens is 258 g/mol. The lowest BCUT2D eigenvalue weighted by Gasteiger charge is -2.14. The molecule has 0 spiro atoms. The molecule has 0 saturated carbocycles.